The smallest absolute Gasteiger partial charge is 0.226 e. The van der Waals surface area contributed by atoms with E-state index in [0.29, 0.717) is 19.7 Å². The van der Waals surface area contributed by atoms with Gasteiger partial charge in [0.2, 0.25) is 11.8 Å². The standard InChI is InChI=1S/C19H22N2O3/c20-18(22)11-13-21(15-16-7-3-1-4-8-16)19(23)12-14-24-17-9-5-2-6-10-17/h1-10H,11-15H2,(H2,20,22). The molecule has 5 heteroatoms. The number of benzene rings is 2. The molecule has 0 aromatic heterocycles. The lowest BCUT2D eigenvalue weighted by molar-refractivity contribution is -0.132. The van der Waals surface area contributed by atoms with Gasteiger partial charge >= 0.3 is 0 Å². The maximum Gasteiger partial charge on any atom is 0.226 e. The lowest BCUT2D eigenvalue weighted by Gasteiger charge is -2.22. The van der Waals surface area contributed by atoms with E-state index in [1.807, 2.05) is 60.7 Å². The fraction of sp³-hybridized carbons (Fsp3) is 0.263. The largest absolute Gasteiger partial charge is 0.493 e. The Morgan fingerprint density at radius 2 is 1.54 bits per heavy atom. The van der Waals surface area contributed by atoms with Gasteiger partial charge in [0.25, 0.3) is 0 Å². The van der Waals surface area contributed by atoms with Crippen molar-refractivity contribution in [2.24, 2.45) is 5.73 Å². The highest BCUT2D eigenvalue weighted by molar-refractivity contribution is 5.78. The van der Waals surface area contributed by atoms with Crippen LogP contribution in [0.25, 0.3) is 0 Å². The fourth-order valence-corrected chi connectivity index (χ4v) is 2.27. The van der Waals surface area contributed by atoms with Crippen LogP contribution >= 0.6 is 0 Å². The number of hydrogen-bond acceptors (Lipinski definition) is 3. The van der Waals surface area contributed by atoms with Crippen molar-refractivity contribution in [2.45, 2.75) is 19.4 Å². The normalized spacial score (nSPS) is 10.2. The molecule has 2 rings (SSSR count). The zero-order valence-electron chi connectivity index (χ0n) is 13.6. The first-order valence-corrected chi connectivity index (χ1v) is 7.93. The van der Waals surface area contributed by atoms with E-state index >= 15 is 0 Å². The molecule has 2 amide bonds. The molecule has 24 heavy (non-hydrogen) atoms. The van der Waals surface area contributed by atoms with Gasteiger partial charge in [-0.25, -0.2) is 0 Å². The summed E-state index contributed by atoms with van der Waals surface area (Å²) in [6.07, 6.45) is 0.401. The maximum absolute atomic E-state index is 12.4. The number of primary amides is 1. The zero-order chi connectivity index (χ0) is 17.2. The van der Waals surface area contributed by atoms with Crippen molar-refractivity contribution in [3.8, 4) is 5.75 Å². The monoisotopic (exact) mass is 326 g/mol. The Hall–Kier alpha value is -2.82. The van der Waals surface area contributed by atoms with Gasteiger partial charge in [0.1, 0.15) is 5.75 Å². The van der Waals surface area contributed by atoms with Gasteiger partial charge in [-0.2, -0.15) is 0 Å². The molecule has 0 saturated heterocycles. The first-order valence-electron chi connectivity index (χ1n) is 7.93. The molecule has 0 heterocycles. The van der Waals surface area contributed by atoms with Gasteiger partial charge in [0.15, 0.2) is 0 Å². The minimum Gasteiger partial charge on any atom is -0.493 e. The summed E-state index contributed by atoms with van der Waals surface area (Å²) in [4.78, 5) is 25.1. The van der Waals surface area contributed by atoms with Gasteiger partial charge in [-0.3, -0.25) is 9.59 Å². The molecule has 2 N–H and O–H groups in total. The number of carbonyl (C=O) groups excluding carboxylic acids is 2. The summed E-state index contributed by atoms with van der Waals surface area (Å²) in [7, 11) is 0. The minimum atomic E-state index is -0.415. The molecule has 0 aliphatic rings. The van der Waals surface area contributed by atoms with Crippen LogP contribution in [0.1, 0.15) is 18.4 Å². The highest BCUT2D eigenvalue weighted by Gasteiger charge is 2.15. The van der Waals surface area contributed by atoms with Crippen LogP contribution in [-0.2, 0) is 16.1 Å². The highest BCUT2D eigenvalue weighted by atomic mass is 16.5. The van der Waals surface area contributed by atoms with Crippen LogP contribution in [0, 0.1) is 0 Å². The summed E-state index contributed by atoms with van der Waals surface area (Å²) in [5.74, 6) is 0.259. The number of carbonyl (C=O) groups is 2. The number of nitrogens with two attached hydrogens (primary N) is 1. The average molecular weight is 326 g/mol. The molecule has 0 radical (unpaired) electrons. The van der Waals surface area contributed by atoms with E-state index in [1.54, 1.807) is 4.90 Å². The van der Waals surface area contributed by atoms with E-state index in [0.717, 1.165) is 11.3 Å². The molecule has 0 aliphatic carbocycles. The third-order valence-corrected chi connectivity index (χ3v) is 3.52. The lowest BCUT2D eigenvalue weighted by Crippen LogP contribution is -2.34. The molecule has 0 unspecified atom stereocenters. The topological polar surface area (TPSA) is 72.6 Å². The highest BCUT2D eigenvalue weighted by Crippen LogP contribution is 2.10. The van der Waals surface area contributed by atoms with Crippen LogP contribution in [0.2, 0.25) is 0 Å². The molecular weight excluding hydrogens is 304 g/mol. The van der Waals surface area contributed by atoms with E-state index < -0.39 is 5.91 Å². The lowest BCUT2D eigenvalue weighted by atomic mass is 10.2. The molecule has 0 spiro atoms. The minimum absolute atomic E-state index is 0.0592. The second-order valence-corrected chi connectivity index (χ2v) is 5.43. The van der Waals surface area contributed by atoms with Gasteiger partial charge in [-0.1, -0.05) is 48.5 Å². The predicted molar refractivity (Wildman–Crippen MR) is 92.2 cm³/mol. The van der Waals surface area contributed by atoms with Crippen LogP contribution in [0.5, 0.6) is 5.75 Å². The van der Waals surface area contributed by atoms with Crippen molar-refractivity contribution in [1.29, 1.82) is 0 Å². The quantitative estimate of drug-likeness (QED) is 0.769. The predicted octanol–water partition coefficient (Wildman–Crippen LogP) is 2.36. The Kier molecular flexibility index (Phi) is 6.83. The molecule has 0 aliphatic heterocycles. The van der Waals surface area contributed by atoms with Crippen LogP contribution < -0.4 is 10.5 Å². The first-order chi connectivity index (χ1) is 11.6. The number of rotatable bonds is 9. The summed E-state index contributed by atoms with van der Waals surface area (Å²) in [5, 5.41) is 0. The van der Waals surface area contributed by atoms with Crippen LogP contribution in [0.3, 0.4) is 0 Å². The molecule has 0 atom stereocenters. The maximum atomic E-state index is 12.4. The summed E-state index contributed by atoms with van der Waals surface area (Å²) >= 11 is 0. The summed E-state index contributed by atoms with van der Waals surface area (Å²) < 4.78 is 5.56. The third-order valence-electron chi connectivity index (χ3n) is 3.52. The molecular formula is C19H22N2O3. The van der Waals surface area contributed by atoms with Crippen molar-refractivity contribution in [1.82, 2.24) is 4.90 Å². The SMILES string of the molecule is NC(=O)CCN(Cc1ccccc1)C(=O)CCOc1ccccc1. The van der Waals surface area contributed by atoms with Crippen molar-refractivity contribution in [3.63, 3.8) is 0 Å². The summed E-state index contributed by atoms with van der Waals surface area (Å²) in [6.45, 7) is 1.07. The second kappa shape index (κ2) is 9.35. The number of amides is 2. The Labute approximate surface area is 142 Å². The molecule has 126 valence electrons. The Morgan fingerprint density at radius 1 is 0.917 bits per heavy atom. The summed E-state index contributed by atoms with van der Waals surface area (Å²) in [6, 6.07) is 19.0. The van der Waals surface area contributed by atoms with Gasteiger partial charge in [-0.05, 0) is 17.7 Å². The van der Waals surface area contributed by atoms with Crippen LogP contribution in [0.15, 0.2) is 60.7 Å². The van der Waals surface area contributed by atoms with Crippen LogP contribution in [-0.4, -0.2) is 29.9 Å². The zero-order valence-corrected chi connectivity index (χ0v) is 13.6. The van der Waals surface area contributed by atoms with Crippen molar-refractivity contribution in [2.75, 3.05) is 13.2 Å². The molecule has 2 aromatic carbocycles. The first kappa shape index (κ1) is 17.5. The second-order valence-electron chi connectivity index (χ2n) is 5.43. The van der Waals surface area contributed by atoms with Gasteiger partial charge in [-0.15, -0.1) is 0 Å². The van der Waals surface area contributed by atoms with E-state index in [-0.39, 0.29) is 18.7 Å². The number of ether oxygens (including phenoxy) is 1. The Morgan fingerprint density at radius 3 is 2.17 bits per heavy atom. The van der Waals surface area contributed by atoms with E-state index in [4.69, 9.17) is 10.5 Å². The molecule has 0 saturated carbocycles. The van der Waals surface area contributed by atoms with Crippen LogP contribution in [0.4, 0.5) is 0 Å². The average Bonchev–Trinajstić information content (AvgIpc) is 2.60. The number of nitrogens with zero attached hydrogens (tertiary/aromatic N) is 1. The molecule has 0 fully saturated rings. The van der Waals surface area contributed by atoms with Crippen molar-refractivity contribution < 1.29 is 14.3 Å². The fourth-order valence-electron chi connectivity index (χ4n) is 2.27. The van der Waals surface area contributed by atoms with E-state index in [2.05, 4.69) is 0 Å². The van der Waals surface area contributed by atoms with Gasteiger partial charge in [0.05, 0.1) is 13.0 Å². The van der Waals surface area contributed by atoms with Gasteiger partial charge in [0, 0.05) is 19.5 Å². The van der Waals surface area contributed by atoms with Gasteiger partial charge < -0.3 is 15.4 Å². The molecule has 0 bridgehead atoms. The Bertz CT molecular complexity index is 644. The van der Waals surface area contributed by atoms with Crippen molar-refractivity contribution in [3.05, 3.63) is 66.2 Å². The number of hydrogen-bond donors (Lipinski definition) is 1. The Balaban J connectivity index is 1.89. The third kappa shape index (κ3) is 6.12. The molecule has 2 aromatic rings. The summed E-state index contributed by atoms with van der Waals surface area (Å²) in [5.41, 5.74) is 6.22. The van der Waals surface area contributed by atoms with Crippen molar-refractivity contribution >= 4 is 11.8 Å². The van der Waals surface area contributed by atoms with E-state index in [9.17, 15) is 9.59 Å². The number of para-hydroxylation sites is 1. The molecule has 5 nitrogen and oxygen atoms in total. The van der Waals surface area contributed by atoms with E-state index in [1.165, 1.54) is 0 Å².